The van der Waals surface area contributed by atoms with Gasteiger partial charge < -0.3 is 4.74 Å². The third-order valence-electron chi connectivity index (χ3n) is 2.78. The van der Waals surface area contributed by atoms with Crippen LogP contribution in [0.4, 0.5) is 13.2 Å². The molecule has 0 aromatic carbocycles. The minimum absolute atomic E-state index is 0.329. The maximum Gasteiger partial charge on any atom is 0.434 e. The van der Waals surface area contributed by atoms with Crippen molar-refractivity contribution in [3.8, 4) is 0 Å². The first kappa shape index (κ1) is 15.5. The molecule has 106 valence electrons. The van der Waals surface area contributed by atoms with Crippen LogP contribution in [0.2, 0.25) is 0 Å². The number of carbonyl (C=O) groups excluding carboxylic acids is 1. The number of aromatic nitrogens is 1. The van der Waals surface area contributed by atoms with Gasteiger partial charge in [0.25, 0.3) is 5.60 Å². The quantitative estimate of drug-likeness (QED) is 0.776. The fraction of sp³-hybridized carbons (Fsp3) is 0.538. The van der Waals surface area contributed by atoms with Gasteiger partial charge in [-0.05, 0) is 12.1 Å². The lowest BCUT2D eigenvalue weighted by Gasteiger charge is -2.43. The summed E-state index contributed by atoms with van der Waals surface area (Å²) in [6.45, 7) is 5.03. The zero-order chi connectivity index (χ0) is 14.9. The van der Waals surface area contributed by atoms with Crippen LogP contribution in [-0.2, 0) is 15.1 Å². The van der Waals surface area contributed by atoms with Crippen molar-refractivity contribution in [1.29, 1.82) is 0 Å². The highest BCUT2D eigenvalue weighted by molar-refractivity contribution is 5.67. The number of nitrogens with zero attached hydrogens (tertiary/aromatic N) is 1. The lowest BCUT2D eigenvalue weighted by molar-refractivity contribution is -0.309. The van der Waals surface area contributed by atoms with Crippen LogP contribution in [0.25, 0.3) is 0 Å². The molecule has 0 amide bonds. The van der Waals surface area contributed by atoms with E-state index < -0.39 is 23.2 Å². The maximum atomic E-state index is 13.6. The van der Waals surface area contributed by atoms with E-state index in [-0.39, 0.29) is 5.69 Å². The average Bonchev–Trinajstić information content (AvgIpc) is 2.23. The Labute approximate surface area is 109 Å². The predicted octanol–water partition coefficient (Wildman–Crippen LogP) is 3.45. The Balaban J connectivity index is 3.59. The van der Waals surface area contributed by atoms with Gasteiger partial charge in [-0.25, -0.2) is 0 Å². The van der Waals surface area contributed by atoms with E-state index in [1.807, 2.05) is 0 Å². The Morgan fingerprint density at radius 2 is 1.79 bits per heavy atom. The van der Waals surface area contributed by atoms with E-state index in [2.05, 4.69) is 4.98 Å². The van der Waals surface area contributed by atoms with Gasteiger partial charge in [0.1, 0.15) is 0 Å². The van der Waals surface area contributed by atoms with E-state index in [1.54, 1.807) is 0 Å². The van der Waals surface area contributed by atoms with Crippen molar-refractivity contribution in [2.24, 2.45) is 5.41 Å². The molecule has 1 heterocycles. The Morgan fingerprint density at radius 3 is 2.11 bits per heavy atom. The molecule has 1 unspecified atom stereocenters. The summed E-state index contributed by atoms with van der Waals surface area (Å²) >= 11 is 0. The first-order chi connectivity index (χ1) is 8.52. The van der Waals surface area contributed by atoms with Crippen LogP contribution >= 0.6 is 0 Å². The molecule has 1 atom stereocenters. The molecule has 1 aromatic rings. The number of alkyl halides is 3. The fourth-order valence-electron chi connectivity index (χ4n) is 2.00. The third kappa shape index (κ3) is 2.72. The Bertz CT molecular complexity index is 435. The fourth-order valence-corrected chi connectivity index (χ4v) is 2.00. The minimum atomic E-state index is -4.77. The van der Waals surface area contributed by atoms with Crippen molar-refractivity contribution < 1.29 is 22.7 Å². The highest BCUT2D eigenvalue weighted by Gasteiger charge is 2.66. The number of carbonyl (C=O) groups is 1. The second-order valence-corrected chi connectivity index (χ2v) is 5.24. The van der Waals surface area contributed by atoms with Gasteiger partial charge in [-0.1, -0.05) is 26.8 Å². The lowest BCUT2D eigenvalue weighted by atomic mass is 9.73. The van der Waals surface area contributed by atoms with Gasteiger partial charge in [-0.15, -0.1) is 0 Å². The maximum absolute atomic E-state index is 13.6. The van der Waals surface area contributed by atoms with Gasteiger partial charge in [0.05, 0.1) is 5.69 Å². The Morgan fingerprint density at radius 1 is 1.21 bits per heavy atom. The first-order valence-corrected chi connectivity index (χ1v) is 5.70. The van der Waals surface area contributed by atoms with E-state index in [4.69, 9.17) is 4.74 Å². The van der Waals surface area contributed by atoms with Crippen molar-refractivity contribution in [1.82, 2.24) is 4.98 Å². The van der Waals surface area contributed by atoms with Crippen molar-refractivity contribution in [2.45, 2.75) is 39.5 Å². The van der Waals surface area contributed by atoms with Crippen LogP contribution in [0.1, 0.15) is 33.4 Å². The highest BCUT2D eigenvalue weighted by Crippen LogP contribution is 2.52. The third-order valence-corrected chi connectivity index (χ3v) is 2.78. The Hall–Kier alpha value is -1.59. The molecule has 0 aliphatic rings. The molecule has 0 fully saturated rings. The summed E-state index contributed by atoms with van der Waals surface area (Å²) < 4.78 is 45.5. The van der Waals surface area contributed by atoms with Crippen LogP contribution in [0, 0.1) is 5.41 Å². The first-order valence-electron chi connectivity index (χ1n) is 5.70. The molecule has 3 nitrogen and oxygen atoms in total. The van der Waals surface area contributed by atoms with Crippen molar-refractivity contribution >= 4 is 5.97 Å². The van der Waals surface area contributed by atoms with Gasteiger partial charge in [0.2, 0.25) is 0 Å². The average molecular weight is 275 g/mol. The standard InChI is InChI=1S/C13H16F3NO2/c1-9(18)19-12(11(2,3)4,13(14,15)16)10-7-5-6-8-17-10/h5-8H,1-4H3. The molecular weight excluding hydrogens is 259 g/mol. The molecule has 0 aliphatic carbocycles. The number of ether oxygens (including phenoxy) is 1. The van der Waals surface area contributed by atoms with E-state index >= 15 is 0 Å². The van der Waals surface area contributed by atoms with E-state index in [1.165, 1.54) is 45.2 Å². The second-order valence-electron chi connectivity index (χ2n) is 5.24. The molecular formula is C13H16F3NO2. The highest BCUT2D eigenvalue weighted by atomic mass is 19.4. The number of rotatable bonds is 2. The van der Waals surface area contributed by atoms with Gasteiger partial charge in [-0.2, -0.15) is 13.2 Å². The topological polar surface area (TPSA) is 39.2 Å². The summed E-state index contributed by atoms with van der Waals surface area (Å²) in [4.78, 5) is 14.9. The van der Waals surface area contributed by atoms with Gasteiger partial charge in [0.15, 0.2) is 0 Å². The number of halogens is 3. The van der Waals surface area contributed by atoms with Crippen LogP contribution in [0.15, 0.2) is 24.4 Å². The molecule has 0 saturated heterocycles. The van der Waals surface area contributed by atoms with Gasteiger partial charge in [0, 0.05) is 18.5 Å². The van der Waals surface area contributed by atoms with Crippen LogP contribution < -0.4 is 0 Å². The number of esters is 1. The normalized spacial score (nSPS) is 15.7. The summed E-state index contributed by atoms with van der Waals surface area (Å²) in [5.74, 6) is -1.00. The summed E-state index contributed by atoms with van der Waals surface area (Å²) in [6, 6.07) is 4.14. The van der Waals surface area contributed by atoms with Crippen molar-refractivity contribution in [2.75, 3.05) is 0 Å². The van der Waals surface area contributed by atoms with E-state index in [0.717, 1.165) is 6.92 Å². The molecule has 0 radical (unpaired) electrons. The van der Waals surface area contributed by atoms with Crippen LogP contribution in [0.3, 0.4) is 0 Å². The SMILES string of the molecule is CC(=O)OC(c1ccccn1)(C(C)(C)C)C(F)(F)F. The summed E-state index contributed by atoms with van der Waals surface area (Å²) in [7, 11) is 0. The molecule has 0 saturated carbocycles. The van der Waals surface area contributed by atoms with Crippen LogP contribution in [-0.4, -0.2) is 17.1 Å². The molecule has 0 aliphatic heterocycles. The van der Waals surface area contributed by atoms with Gasteiger partial charge in [-0.3, -0.25) is 9.78 Å². The van der Waals surface area contributed by atoms with E-state index in [0.29, 0.717) is 0 Å². The molecule has 0 N–H and O–H groups in total. The number of hydrogen-bond donors (Lipinski definition) is 0. The zero-order valence-corrected chi connectivity index (χ0v) is 11.2. The largest absolute Gasteiger partial charge is 0.442 e. The number of hydrogen-bond acceptors (Lipinski definition) is 3. The molecule has 6 heteroatoms. The molecule has 1 rings (SSSR count). The summed E-state index contributed by atoms with van der Waals surface area (Å²) in [6.07, 6.45) is -3.53. The molecule has 0 bridgehead atoms. The van der Waals surface area contributed by atoms with Crippen molar-refractivity contribution in [3.63, 3.8) is 0 Å². The molecule has 19 heavy (non-hydrogen) atoms. The smallest absolute Gasteiger partial charge is 0.434 e. The zero-order valence-electron chi connectivity index (χ0n) is 11.2. The second kappa shape index (κ2) is 4.83. The monoisotopic (exact) mass is 275 g/mol. The Kier molecular flexibility index (Phi) is 3.93. The van der Waals surface area contributed by atoms with Crippen LogP contribution in [0.5, 0.6) is 0 Å². The molecule has 0 spiro atoms. The molecule has 1 aromatic heterocycles. The summed E-state index contributed by atoms with van der Waals surface area (Å²) in [5.41, 5.74) is -4.50. The van der Waals surface area contributed by atoms with Crippen molar-refractivity contribution in [3.05, 3.63) is 30.1 Å². The van der Waals surface area contributed by atoms with Gasteiger partial charge >= 0.3 is 12.1 Å². The summed E-state index contributed by atoms with van der Waals surface area (Å²) in [5, 5.41) is 0. The predicted molar refractivity (Wildman–Crippen MR) is 63.2 cm³/mol. The number of pyridine rings is 1. The lowest BCUT2D eigenvalue weighted by Crippen LogP contribution is -2.55. The minimum Gasteiger partial charge on any atom is -0.442 e. The van der Waals surface area contributed by atoms with E-state index in [9.17, 15) is 18.0 Å².